The van der Waals surface area contributed by atoms with Crippen molar-refractivity contribution in [3.8, 4) is 0 Å². The maximum atomic E-state index is 9.28. The second kappa shape index (κ2) is 6.09. The van der Waals surface area contributed by atoms with Crippen LogP contribution < -0.4 is 5.73 Å². The zero-order chi connectivity index (χ0) is 13.1. The molecule has 0 aromatic carbocycles. The van der Waals surface area contributed by atoms with E-state index in [2.05, 4.69) is 25.7 Å². The average molecular weight is 260 g/mol. The molecule has 4 nitrogen and oxygen atoms in total. The van der Waals surface area contributed by atoms with Crippen LogP contribution in [0.2, 0.25) is 0 Å². The number of aliphatic hydroxyl groups is 1. The zero-order valence-electron chi connectivity index (χ0n) is 11.0. The van der Waals surface area contributed by atoms with Gasteiger partial charge in [-0.05, 0) is 20.3 Å². The quantitative estimate of drug-likeness (QED) is 0.720. The summed E-state index contributed by atoms with van der Waals surface area (Å²) in [4.78, 5) is 2.89. The first-order valence-corrected chi connectivity index (χ1v) is 6.59. The lowest BCUT2D eigenvalue weighted by Crippen LogP contribution is -2.57. The van der Waals surface area contributed by atoms with Gasteiger partial charge in [0.2, 0.25) is 0 Å². The SMILES string of the molecule is CCC(CC(N)=S)N1CC(CO)OC(C)(C)C1. The van der Waals surface area contributed by atoms with Gasteiger partial charge in [0.25, 0.3) is 0 Å². The summed E-state index contributed by atoms with van der Waals surface area (Å²) in [7, 11) is 0. The Bertz CT molecular complexity index is 271. The summed E-state index contributed by atoms with van der Waals surface area (Å²) >= 11 is 4.99. The number of hydrogen-bond acceptors (Lipinski definition) is 4. The number of morpholine rings is 1. The van der Waals surface area contributed by atoms with Gasteiger partial charge in [-0.1, -0.05) is 19.1 Å². The van der Waals surface area contributed by atoms with Gasteiger partial charge in [-0.15, -0.1) is 0 Å². The summed E-state index contributed by atoms with van der Waals surface area (Å²) in [5, 5.41) is 9.28. The summed E-state index contributed by atoms with van der Waals surface area (Å²) in [6, 6.07) is 0.352. The monoisotopic (exact) mass is 260 g/mol. The van der Waals surface area contributed by atoms with Gasteiger partial charge < -0.3 is 15.6 Å². The summed E-state index contributed by atoms with van der Waals surface area (Å²) < 4.78 is 5.80. The molecule has 0 saturated carbocycles. The molecule has 3 N–H and O–H groups in total. The molecule has 0 amide bonds. The van der Waals surface area contributed by atoms with Gasteiger partial charge in [-0.2, -0.15) is 0 Å². The lowest BCUT2D eigenvalue weighted by atomic mass is 10.0. The Hall–Kier alpha value is -0.230. The molecule has 1 fully saturated rings. The van der Waals surface area contributed by atoms with Gasteiger partial charge in [0.15, 0.2) is 0 Å². The Morgan fingerprint density at radius 3 is 2.76 bits per heavy atom. The second-order valence-electron chi connectivity index (χ2n) is 5.34. The first kappa shape index (κ1) is 14.8. The fourth-order valence-corrected chi connectivity index (χ4v) is 2.67. The van der Waals surface area contributed by atoms with Crippen LogP contribution in [0, 0.1) is 0 Å². The van der Waals surface area contributed by atoms with Crippen LogP contribution in [0.25, 0.3) is 0 Å². The molecular formula is C12H24N2O2S. The highest BCUT2D eigenvalue weighted by Crippen LogP contribution is 2.24. The first-order chi connectivity index (χ1) is 7.88. The summed E-state index contributed by atoms with van der Waals surface area (Å²) in [5.41, 5.74) is 5.41. The molecule has 1 heterocycles. The average Bonchev–Trinajstić information content (AvgIpc) is 2.23. The molecule has 2 unspecified atom stereocenters. The summed E-state index contributed by atoms with van der Waals surface area (Å²) in [6.07, 6.45) is 1.63. The van der Waals surface area contributed by atoms with Crippen LogP contribution in [-0.4, -0.2) is 52.4 Å². The maximum Gasteiger partial charge on any atom is 0.0940 e. The van der Waals surface area contributed by atoms with Crippen molar-refractivity contribution in [2.75, 3.05) is 19.7 Å². The minimum Gasteiger partial charge on any atom is -0.394 e. The van der Waals surface area contributed by atoms with E-state index in [1.807, 2.05) is 0 Å². The van der Waals surface area contributed by atoms with Crippen LogP contribution in [0.15, 0.2) is 0 Å². The first-order valence-electron chi connectivity index (χ1n) is 6.19. The van der Waals surface area contributed by atoms with Gasteiger partial charge in [-0.3, -0.25) is 4.90 Å². The Labute approximate surface area is 109 Å². The van der Waals surface area contributed by atoms with E-state index >= 15 is 0 Å². The highest BCUT2D eigenvalue weighted by molar-refractivity contribution is 7.80. The van der Waals surface area contributed by atoms with Crippen LogP contribution in [-0.2, 0) is 4.74 Å². The fourth-order valence-electron chi connectivity index (χ4n) is 2.48. The van der Waals surface area contributed by atoms with Crippen LogP contribution >= 0.6 is 12.2 Å². The molecule has 1 rings (SSSR count). The van der Waals surface area contributed by atoms with Crippen molar-refractivity contribution in [2.24, 2.45) is 5.73 Å². The Kier molecular flexibility index (Phi) is 5.31. The zero-order valence-corrected chi connectivity index (χ0v) is 11.8. The lowest BCUT2D eigenvalue weighted by molar-refractivity contribution is -0.156. The number of hydrogen-bond donors (Lipinski definition) is 2. The molecular weight excluding hydrogens is 236 g/mol. The predicted octanol–water partition coefficient (Wildman–Crippen LogP) is 0.913. The van der Waals surface area contributed by atoms with E-state index in [9.17, 15) is 5.11 Å². The molecule has 0 radical (unpaired) electrons. The standard InChI is InChI=1S/C12H24N2O2S/c1-4-9(5-11(13)17)14-6-10(7-15)16-12(2,3)8-14/h9-10,15H,4-8H2,1-3H3,(H2,13,17). The second-order valence-corrected chi connectivity index (χ2v) is 5.87. The van der Waals surface area contributed by atoms with E-state index in [-0.39, 0.29) is 18.3 Å². The lowest BCUT2D eigenvalue weighted by Gasteiger charge is -2.45. The minimum atomic E-state index is -0.227. The maximum absolute atomic E-state index is 9.28. The highest BCUT2D eigenvalue weighted by Gasteiger charge is 2.35. The van der Waals surface area contributed by atoms with E-state index < -0.39 is 0 Å². The minimum absolute atomic E-state index is 0.0590. The molecule has 0 aromatic heterocycles. The van der Waals surface area contributed by atoms with E-state index in [0.29, 0.717) is 11.0 Å². The molecule has 100 valence electrons. The van der Waals surface area contributed by atoms with E-state index in [0.717, 1.165) is 25.9 Å². The highest BCUT2D eigenvalue weighted by atomic mass is 32.1. The van der Waals surface area contributed by atoms with E-state index in [1.54, 1.807) is 0 Å². The van der Waals surface area contributed by atoms with Crippen LogP contribution in [0.3, 0.4) is 0 Å². The predicted molar refractivity (Wildman–Crippen MR) is 73.1 cm³/mol. The number of nitrogens with two attached hydrogens (primary N) is 1. The fraction of sp³-hybridized carbons (Fsp3) is 0.917. The molecule has 0 spiro atoms. The van der Waals surface area contributed by atoms with Gasteiger partial charge >= 0.3 is 0 Å². The number of thiocarbonyl (C=S) groups is 1. The molecule has 17 heavy (non-hydrogen) atoms. The van der Waals surface area contributed by atoms with Crippen molar-refractivity contribution in [2.45, 2.75) is 51.4 Å². The van der Waals surface area contributed by atoms with Gasteiger partial charge in [-0.25, -0.2) is 0 Å². The summed E-state index contributed by atoms with van der Waals surface area (Å²) in [5.74, 6) is 0. The molecule has 0 aliphatic carbocycles. The third-order valence-electron chi connectivity index (χ3n) is 3.14. The van der Waals surface area contributed by atoms with Gasteiger partial charge in [0.05, 0.1) is 23.3 Å². The number of ether oxygens (including phenoxy) is 1. The molecule has 2 atom stereocenters. The molecule has 1 aliphatic rings. The van der Waals surface area contributed by atoms with Crippen molar-refractivity contribution in [3.63, 3.8) is 0 Å². The van der Waals surface area contributed by atoms with E-state index in [1.165, 1.54) is 0 Å². The number of nitrogens with zero attached hydrogens (tertiary/aromatic N) is 1. The van der Waals surface area contributed by atoms with Crippen LogP contribution in [0.4, 0.5) is 0 Å². The smallest absolute Gasteiger partial charge is 0.0940 e. The molecule has 0 aromatic rings. The van der Waals surface area contributed by atoms with Crippen molar-refractivity contribution < 1.29 is 9.84 Å². The van der Waals surface area contributed by atoms with Crippen molar-refractivity contribution in [1.29, 1.82) is 0 Å². The Balaban J connectivity index is 2.70. The number of rotatable bonds is 5. The van der Waals surface area contributed by atoms with Crippen molar-refractivity contribution in [1.82, 2.24) is 4.90 Å². The molecule has 1 saturated heterocycles. The topological polar surface area (TPSA) is 58.7 Å². The summed E-state index contributed by atoms with van der Waals surface area (Å²) in [6.45, 7) is 7.90. The van der Waals surface area contributed by atoms with Gasteiger partial charge in [0, 0.05) is 25.6 Å². The Morgan fingerprint density at radius 2 is 2.29 bits per heavy atom. The third kappa shape index (κ3) is 4.50. The van der Waals surface area contributed by atoms with Crippen molar-refractivity contribution >= 4 is 17.2 Å². The van der Waals surface area contributed by atoms with Crippen molar-refractivity contribution in [3.05, 3.63) is 0 Å². The largest absolute Gasteiger partial charge is 0.394 e. The number of aliphatic hydroxyl groups excluding tert-OH is 1. The van der Waals surface area contributed by atoms with Crippen LogP contribution in [0.1, 0.15) is 33.6 Å². The molecule has 5 heteroatoms. The third-order valence-corrected chi connectivity index (χ3v) is 3.30. The van der Waals surface area contributed by atoms with E-state index in [4.69, 9.17) is 22.7 Å². The van der Waals surface area contributed by atoms with Gasteiger partial charge in [0.1, 0.15) is 0 Å². The molecule has 0 bridgehead atoms. The Morgan fingerprint density at radius 1 is 1.65 bits per heavy atom. The normalized spacial score (nSPS) is 26.7. The molecule has 1 aliphatic heterocycles. The van der Waals surface area contributed by atoms with Crippen LogP contribution in [0.5, 0.6) is 0 Å².